The van der Waals surface area contributed by atoms with E-state index in [0.717, 1.165) is 30.3 Å². The normalized spacial score (nSPS) is 17.8. The molecule has 0 unspecified atom stereocenters. The summed E-state index contributed by atoms with van der Waals surface area (Å²) in [6.45, 7) is 1.96. The Morgan fingerprint density at radius 3 is 2.20 bits per heavy atom. The average Bonchev–Trinajstić information content (AvgIpc) is 3.07. The zero-order valence-electron chi connectivity index (χ0n) is 10.9. The van der Waals surface area contributed by atoms with E-state index < -0.39 is 0 Å². The number of rotatable bonds is 2. The number of thioether (sulfide) groups is 1. The minimum absolute atomic E-state index is 0.220. The number of amides is 2. The average molecular weight is 306 g/mol. The molecule has 0 N–H and O–H groups in total. The fourth-order valence-corrected chi connectivity index (χ4v) is 3.65. The van der Waals surface area contributed by atoms with Gasteiger partial charge in [0.05, 0.1) is 17.0 Å². The minimum atomic E-state index is -0.220. The molecule has 0 radical (unpaired) electrons. The van der Waals surface area contributed by atoms with Crippen LogP contribution in [0.4, 0.5) is 0 Å². The second-order valence-electron chi connectivity index (χ2n) is 4.82. The number of likely N-dealkylation sites (tertiary alicyclic amines) is 1. The van der Waals surface area contributed by atoms with Gasteiger partial charge in [0.25, 0.3) is 11.8 Å². The van der Waals surface area contributed by atoms with Crippen LogP contribution in [-0.2, 0) is 0 Å². The maximum atomic E-state index is 12.2. The van der Waals surface area contributed by atoms with Crippen LogP contribution < -0.4 is 0 Å². The Labute approximate surface area is 127 Å². The zero-order chi connectivity index (χ0) is 14.1. The molecule has 6 heteroatoms. The minimum Gasteiger partial charge on any atom is -0.357 e. The molecule has 1 aromatic carbocycles. The van der Waals surface area contributed by atoms with Gasteiger partial charge in [0.1, 0.15) is 4.32 Å². The number of nitrogens with zero attached hydrogens (tertiary/aromatic N) is 2. The van der Waals surface area contributed by atoms with Crippen LogP contribution in [0.2, 0.25) is 0 Å². The predicted octanol–water partition coefficient (Wildman–Crippen LogP) is 2.35. The van der Waals surface area contributed by atoms with E-state index >= 15 is 0 Å². The van der Waals surface area contributed by atoms with Crippen molar-refractivity contribution in [2.75, 3.05) is 19.0 Å². The lowest BCUT2D eigenvalue weighted by Crippen LogP contribution is -2.32. The lowest BCUT2D eigenvalue weighted by Gasteiger charge is -2.20. The van der Waals surface area contributed by atoms with Crippen molar-refractivity contribution in [3.63, 3.8) is 0 Å². The first-order valence-electron chi connectivity index (χ1n) is 6.55. The molecule has 0 aromatic heterocycles. The number of hydrogen-bond donors (Lipinski definition) is 0. The molecule has 1 fully saturated rings. The van der Waals surface area contributed by atoms with Gasteiger partial charge in [-0.1, -0.05) is 36.1 Å². The monoisotopic (exact) mass is 306 g/mol. The SMILES string of the molecule is O=C1c2ccccc2C(=O)N1CSC(=S)N1CCCC1. The first-order chi connectivity index (χ1) is 9.68. The van der Waals surface area contributed by atoms with Gasteiger partial charge in [-0.3, -0.25) is 14.5 Å². The summed E-state index contributed by atoms with van der Waals surface area (Å²) in [7, 11) is 0. The molecule has 0 spiro atoms. The van der Waals surface area contributed by atoms with Crippen LogP contribution in [0.15, 0.2) is 24.3 Å². The Hall–Kier alpha value is -1.40. The van der Waals surface area contributed by atoms with Crippen molar-refractivity contribution in [2.24, 2.45) is 0 Å². The number of carbonyl (C=O) groups is 2. The largest absolute Gasteiger partial charge is 0.357 e. The third-order valence-electron chi connectivity index (χ3n) is 3.56. The number of thiocarbonyl (C=S) groups is 1. The molecule has 20 heavy (non-hydrogen) atoms. The third kappa shape index (κ3) is 2.33. The highest BCUT2D eigenvalue weighted by atomic mass is 32.2. The second kappa shape index (κ2) is 5.54. The van der Waals surface area contributed by atoms with Gasteiger partial charge in [0.2, 0.25) is 0 Å². The van der Waals surface area contributed by atoms with Crippen molar-refractivity contribution < 1.29 is 9.59 Å². The van der Waals surface area contributed by atoms with E-state index in [1.807, 2.05) is 0 Å². The molecule has 0 bridgehead atoms. The van der Waals surface area contributed by atoms with E-state index in [0.29, 0.717) is 17.0 Å². The molecular weight excluding hydrogens is 292 g/mol. The Morgan fingerprint density at radius 1 is 1.10 bits per heavy atom. The second-order valence-corrected chi connectivity index (χ2v) is 6.40. The smallest absolute Gasteiger partial charge is 0.262 e. The van der Waals surface area contributed by atoms with Crippen molar-refractivity contribution >= 4 is 40.1 Å². The van der Waals surface area contributed by atoms with Gasteiger partial charge in [-0.15, -0.1) is 0 Å². The molecule has 4 nitrogen and oxygen atoms in total. The molecule has 2 aliphatic rings. The van der Waals surface area contributed by atoms with E-state index in [2.05, 4.69) is 4.90 Å². The van der Waals surface area contributed by atoms with Gasteiger partial charge in [-0.2, -0.15) is 0 Å². The van der Waals surface area contributed by atoms with Gasteiger partial charge >= 0.3 is 0 Å². The van der Waals surface area contributed by atoms with Crippen molar-refractivity contribution in [1.29, 1.82) is 0 Å². The standard InChI is InChI=1S/C14H14N2O2S2/c17-12-10-5-1-2-6-11(10)13(18)16(12)9-20-14(19)15-7-3-4-8-15/h1-2,5-6H,3-4,7-9H2. The summed E-state index contributed by atoms with van der Waals surface area (Å²) in [5.41, 5.74) is 0.982. The first-order valence-corrected chi connectivity index (χ1v) is 7.95. The van der Waals surface area contributed by atoms with Crippen LogP contribution in [0.5, 0.6) is 0 Å². The van der Waals surface area contributed by atoms with Gasteiger partial charge < -0.3 is 4.90 Å². The zero-order valence-corrected chi connectivity index (χ0v) is 12.5. The highest BCUT2D eigenvalue weighted by Gasteiger charge is 2.35. The fourth-order valence-electron chi connectivity index (χ4n) is 2.47. The highest BCUT2D eigenvalue weighted by Crippen LogP contribution is 2.25. The van der Waals surface area contributed by atoms with Gasteiger partial charge in [0.15, 0.2) is 0 Å². The van der Waals surface area contributed by atoms with Crippen molar-refractivity contribution in [3.8, 4) is 0 Å². The number of fused-ring (bicyclic) bond motifs is 1. The molecule has 1 saturated heterocycles. The fraction of sp³-hybridized carbons (Fsp3) is 0.357. The Morgan fingerprint density at radius 2 is 1.65 bits per heavy atom. The summed E-state index contributed by atoms with van der Waals surface area (Å²) in [4.78, 5) is 27.8. The Balaban J connectivity index is 1.66. The lowest BCUT2D eigenvalue weighted by atomic mass is 10.1. The van der Waals surface area contributed by atoms with Gasteiger partial charge in [-0.05, 0) is 25.0 Å². The summed E-state index contributed by atoms with van der Waals surface area (Å²) >= 11 is 6.74. The predicted molar refractivity (Wildman–Crippen MR) is 82.8 cm³/mol. The molecule has 0 saturated carbocycles. The Kier molecular flexibility index (Phi) is 3.76. The van der Waals surface area contributed by atoms with Crippen LogP contribution >= 0.6 is 24.0 Å². The lowest BCUT2D eigenvalue weighted by molar-refractivity contribution is 0.0684. The molecule has 1 aromatic rings. The van der Waals surface area contributed by atoms with Crippen LogP contribution in [0.3, 0.4) is 0 Å². The molecular formula is C14H14N2O2S2. The van der Waals surface area contributed by atoms with Crippen molar-refractivity contribution in [1.82, 2.24) is 9.80 Å². The maximum absolute atomic E-state index is 12.2. The van der Waals surface area contributed by atoms with Crippen LogP contribution in [0, 0.1) is 0 Å². The maximum Gasteiger partial charge on any atom is 0.262 e. The van der Waals surface area contributed by atoms with Crippen molar-refractivity contribution in [2.45, 2.75) is 12.8 Å². The van der Waals surface area contributed by atoms with E-state index in [1.165, 1.54) is 16.7 Å². The van der Waals surface area contributed by atoms with E-state index in [1.54, 1.807) is 24.3 Å². The van der Waals surface area contributed by atoms with Crippen LogP contribution in [0.25, 0.3) is 0 Å². The highest BCUT2D eigenvalue weighted by molar-refractivity contribution is 8.22. The summed E-state index contributed by atoms with van der Waals surface area (Å²) < 4.78 is 0.777. The van der Waals surface area contributed by atoms with E-state index in [-0.39, 0.29) is 11.8 Å². The quantitative estimate of drug-likeness (QED) is 0.620. The molecule has 2 amide bonds. The molecule has 0 aliphatic carbocycles. The van der Waals surface area contributed by atoms with Crippen molar-refractivity contribution in [3.05, 3.63) is 35.4 Å². The van der Waals surface area contributed by atoms with E-state index in [4.69, 9.17) is 12.2 Å². The van der Waals surface area contributed by atoms with Crippen LogP contribution in [0.1, 0.15) is 33.6 Å². The number of carbonyl (C=O) groups excluding carboxylic acids is 2. The third-order valence-corrected chi connectivity index (χ3v) is 5.06. The number of benzene rings is 1. The molecule has 3 rings (SSSR count). The number of hydrogen-bond acceptors (Lipinski definition) is 4. The van der Waals surface area contributed by atoms with Gasteiger partial charge in [-0.25, -0.2) is 0 Å². The Bertz CT molecular complexity index is 547. The van der Waals surface area contributed by atoms with Crippen LogP contribution in [-0.4, -0.2) is 44.9 Å². The first kappa shape index (κ1) is 13.6. The summed E-state index contributed by atoms with van der Waals surface area (Å²) in [5.74, 6) is -0.147. The summed E-state index contributed by atoms with van der Waals surface area (Å²) in [6.07, 6.45) is 2.32. The van der Waals surface area contributed by atoms with E-state index in [9.17, 15) is 9.59 Å². The molecule has 0 atom stereocenters. The summed E-state index contributed by atoms with van der Waals surface area (Å²) in [6, 6.07) is 6.93. The molecule has 104 valence electrons. The number of imide groups is 1. The summed E-state index contributed by atoms with van der Waals surface area (Å²) in [5, 5.41) is 0. The molecule has 2 aliphatic heterocycles. The topological polar surface area (TPSA) is 40.6 Å². The molecule has 2 heterocycles. The van der Waals surface area contributed by atoms with Gasteiger partial charge in [0, 0.05) is 13.1 Å².